The van der Waals surface area contributed by atoms with Gasteiger partial charge in [0.15, 0.2) is 5.17 Å². The van der Waals surface area contributed by atoms with Crippen molar-refractivity contribution in [3.8, 4) is 0 Å². The zero-order valence-corrected chi connectivity index (χ0v) is 16.1. The summed E-state index contributed by atoms with van der Waals surface area (Å²) in [5.74, 6) is 1.53. The number of rotatable bonds is 3. The van der Waals surface area contributed by atoms with Crippen LogP contribution in [0.15, 0.2) is 34.6 Å². The molecule has 0 radical (unpaired) electrons. The van der Waals surface area contributed by atoms with Crippen molar-refractivity contribution in [2.24, 2.45) is 10.9 Å². The van der Waals surface area contributed by atoms with Crippen LogP contribution < -0.4 is 4.90 Å². The monoisotopic (exact) mass is 384 g/mol. The minimum Gasteiger partial charge on any atom is -0.338 e. The zero-order chi connectivity index (χ0) is 18.2. The highest BCUT2D eigenvalue weighted by Crippen LogP contribution is 2.33. The van der Waals surface area contributed by atoms with Gasteiger partial charge in [-0.05, 0) is 36.7 Å². The fraction of sp³-hybridized carbons (Fsp3) is 0.579. The zero-order valence-electron chi connectivity index (χ0n) is 15.3. The molecule has 1 aromatic rings. The Balaban J connectivity index is 1.29. The summed E-state index contributed by atoms with van der Waals surface area (Å²) in [7, 11) is 0. The SMILES string of the molecule is O=C(CC1=CSC2=NCCCN12)N1C[C@H]2CC[C@@H]1CN(c1ncccn1)C2. The second-order valence-electron chi connectivity index (χ2n) is 7.67. The first-order valence-electron chi connectivity index (χ1n) is 9.77. The highest BCUT2D eigenvalue weighted by Gasteiger charge is 2.38. The molecule has 6 heterocycles. The van der Waals surface area contributed by atoms with E-state index in [1.165, 1.54) is 6.42 Å². The Labute approximate surface area is 163 Å². The molecule has 0 aliphatic carbocycles. The van der Waals surface area contributed by atoms with E-state index in [2.05, 4.69) is 35.1 Å². The number of carbonyl (C=O) groups is 1. The van der Waals surface area contributed by atoms with Crippen molar-refractivity contribution in [2.75, 3.05) is 37.6 Å². The van der Waals surface area contributed by atoms with Crippen molar-refractivity contribution < 1.29 is 4.79 Å². The fourth-order valence-electron chi connectivity index (χ4n) is 4.53. The molecule has 6 rings (SSSR count). The maximum Gasteiger partial charge on any atom is 0.228 e. The minimum atomic E-state index is 0.249. The van der Waals surface area contributed by atoms with E-state index in [0.29, 0.717) is 12.3 Å². The quantitative estimate of drug-likeness (QED) is 0.794. The molecule has 2 bridgehead atoms. The lowest BCUT2D eigenvalue weighted by Crippen LogP contribution is -2.48. The smallest absolute Gasteiger partial charge is 0.228 e. The molecule has 2 atom stereocenters. The van der Waals surface area contributed by atoms with Crippen LogP contribution >= 0.6 is 11.8 Å². The average Bonchev–Trinajstić information content (AvgIpc) is 2.89. The number of carbonyl (C=O) groups excluding carboxylic acids is 1. The fourth-order valence-corrected chi connectivity index (χ4v) is 5.49. The van der Waals surface area contributed by atoms with E-state index in [9.17, 15) is 4.79 Å². The number of aliphatic imine (C=N–C) groups is 1. The molecule has 0 saturated carbocycles. The van der Waals surface area contributed by atoms with Gasteiger partial charge in [-0.15, -0.1) is 0 Å². The standard InChI is InChI=1S/C19H24N6OS/c26-17(9-16-13-27-19-22-7-2-8-24(16)19)25-11-14-3-4-15(25)12-23(10-14)18-20-5-1-6-21-18/h1,5-6,13-15H,2-4,7-12H2/t14-,15+/m0/s1. The van der Waals surface area contributed by atoms with Crippen molar-refractivity contribution >= 4 is 28.8 Å². The van der Waals surface area contributed by atoms with Gasteiger partial charge >= 0.3 is 0 Å². The van der Waals surface area contributed by atoms with Crippen molar-refractivity contribution in [1.29, 1.82) is 0 Å². The number of piperidine rings is 1. The average molecular weight is 385 g/mol. The summed E-state index contributed by atoms with van der Waals surface area (Å²) < 4.78 is 0. The van der Waals surface area contributed by atoms with Gasteiger partial charge in [-0.2, -0.15) is 0 Å². The van der Waals surface area contributed by atoms with Crippen LogP contribution in [0.25, 0.3) is 0 Å². The normalized spacial score (nSPS) is 27.2. The van der Waals surface area contributed by atoms with Crippen LogP contribution in [0.3, 0.4) is 0 Å². The molecule has 142 valence electrons. The second-order valence-corrected chi connectivity index (χ2v) is 8.51. The summed E-state index contributed by atoms with van der Waals surface area (Å²) in [5, 5.41) is 3.18. The number of amides is 1. The molecular formula is C19H24N6OS. The molecular weight excluding hydrogens is 360 g/mol. The Morgan fingerprint density at radius 2 is 2.07 bits per heavy atom. The van der Waals surface area contributed by atoms with E-state index in [1.54, 1.807) is 24.2 Å². The van der Waals surface area contributed by atoms with E-state index in [1.807, 2.05) is 6.07 Å². The molecule has 7 nitrogen and oxygen atoms in total. The van der Waals surface area contributed by atoms with Crippen LogP contribution in [0.2, 0.25) is 0 Å². The first-order valence-corrected chi connectivity index (χ1v) is 10.6. The summed E-state index contributed by atoms with van der Waals surface area (Å²) in [6.45, 7) is 4.51. The molecule has 0 aromatic carbocycles. The van der Waals surface area contributed by atoms with E-state index >= 15 is 0 Å². The molecule has 3 fully saturated rings. The third kappa shape index (κ3) is 3.31. The molecule has 8 heteroatoms. The molecule has 27 heavy (non-hydrogen) atoms. The minimum absolute atomic E-state index is 0.249. The van der Waals surface area contributed by atoms with Crippen LogP contribution in [0.5, 0.6) is 0 Å². The topological polar surface area (TPSA) is 64.9 Å². The Morgan fingerprint density at radius 3 is 2.96 bits per heavy atom. The number of hydrogen-bond acceptors (Lipinski definition) is 7. The van der Waals surface area contributed by atoms with Crippen molar-refractivity contribution in [3.63, 3.8) is 0 Å². The van der Waals surface area contributed by atoms with Gasteiger partial charge < -0.3 is 14.7 Å². The van der Waals surface area contributed by atoms with Crippen LogP contribution in [-0.2, 0) is 4.79 Å². The lowest BCUT2D eigenvalue weighted by atomic mass is 9.94. The summed E-state index contributed by atoms with van der Waals surface area (Å²) in [4.78, 5) is 33.2. The third-order valence-electron chi connectivity index (χ3n) is 5.87. The van der Waals surface area contributed by atoms with Gasteiger partial charge in [-0.25, -0.2) is 9.97 Å². The Hall–Kier alpha value is -2.09. The maximum absolute atomic E-state index is 13.2. The molecule has 5 aliphatic heterocycles. The van der Waals surface area contributed by atoms with Gasteiger partial charge in [0.2, 0.25) is 11.9 Å². The van der Waals surface area contributed by atoms with Gasteiger partial charge in [0.05, 0.1) is 6.42 Å². The number of amidine groups is 1. The predicted molar refractivity (Wildman–Crippen MR) is 106 cm³/mol. The van der Waals surface area contributed by atoms with E-state index in [0.717, 1.165) is 62.4 Å². The summed E-state index contributed by atoms with van der Waals surface area (Å²) in [6.07, 6.45) is 7.39. The van der Waals surface area contributed by atoms with E-state index < -0.39 is 0 Å². The largest absolute Gasteiger partial charge is 0.338 e. The van der Waals surface area contributed by atoms with E-state index in [-0.39, 0.29) is 11.9 Å². The predicted octanol–water partition coefficient (Wildman–Crippen LogP) is 1.94. The molecule has 0 N–H and O–H groups in total. The molecule has 0 unspecified atom stereocenters. The first kappa shape index (κ1) is 17.0. The van der Waals surface area contributed by atoms with Crippen molar-refractivity contribution in [3.05, 3.63) is 29.6 Å². The third-order valence-corrected chi connectivity index (χ3v) is 6.82. The Morgan fingerprint density at radius 1 is 1.19 bits per heavy atom. The summed E-state index contributed by atoms with van der Waals surface area (Å²) in [6, 6.07) is 2.10. The van der Waals surface area contributed by atoms with Gasteiger partial charge in [0.25, 0.3) is 0 Å². The number of fused-ring (bicyclic) bond motifs is 5. The van der Waals surface area contributed by atoms with Crippen molar-refractivity contribution in [2.45, 2.75) is 31.7 Å². The number of aromatic nitrogens is 2. The molecule has 0 spiro atoms. The van der Waals surface area contributed by atoms with Gasteiger partial charge in [0, 0.05) is 56.9 Å². The van der Waals surface area contributed by atoms with Crippen LogP contribution in [0, 0.1) is 5.92 Å². The number of anilines is 1. The summed E-state index contributed by atoms with van der Waals surface area (Å²) >= 11 is 1.66. The number of thioether (sulfide) groups is 1. The highest BCUT2D eigenvalue weighted by atomic mass is 32.2. The summed E-state index contributed by atoms with van der Waals surface area (Å²) in [5.41, 5.74) is 1.12. The number of nitrogens with zero attached hydrogens (tertiary/aromatic N) is 6. The second kappa shape index (κ2) is 7.14. The van der Waals surface area contributed by atoms with Crippen LogP contribution in [0.4, 0.5) is 5.95 Å². The maximum atomic E-state index is 13.2. The molecule has 5 aliphatic rings. The number of hydrogen-bond donors (Lipinski definition) is 0. The van der Waals surface area contributed by atoms with Crippen LogP contribution in [-0.4, -0.2) is 69.6 Å². The Bertz CT molecular complexity index is 782. The highest BCUT2D eigenvalue weighted by molar-refractivity contribution is 8.16. The first-order chi connectivity index (χ1) is 13.3. The van der Waals surface area contributed by atoms with Gasteiger partial charge in [-0.3, -0.25) is 9.79 Å². The molecule has 1 amide bonds. The lowest BCUT2D eigenvalue weighted by molar-refractivity contribution is -0.134. The van der Waals surface area contributed by atoms with Crippen molar-refractivity contribution in [1.82, 2.24) is 19.8 Å². The van der Waals surface area contributed by atoms with Crippen LogP contribution in [0.1, 0.15) is 25.7 Å². The van der Waals surface area contributed by atoms with Gasteiger partial charge in [0.1, 0.15) is 0 Å². The molecule has 1 aromatic heterocycles. The van der Waals surface area contributed by atoms with Gasteiger partial charge in [-0.1, -0.05) is 11.8 Å². The molecule has 3 saturated heterocycles. The van der Waals surface area contributed by atoms with E-state index in [4.69, 9.17) is 0 Å². The lowest BCUT2D eigenvalue weighted by Gasteiger charge is -2.36. The Kier molecular flexibility index (Phi) is 4.51.